The number of benzene rings is 1. The Bertz CT molecular complexity index is 705. The van der Waals surface area contributed by atoms with E-state index in [2.05, 4.69) is 32.7 Å². The van der Waals surface area contributed by atoms with Gasteiger partial charge in [-0.3, -0.25) is 4.90 Å². The molecule has 0 amide bonds. The van der Waals surface area contributed by atoms with Crippen molar-refractivity contribution in [3.63, 3.8) is 0 Å². The van der Waals surface area contributed by atoms with Crippen LogP contribution in [0.2, 0.25) is 0 Å². The van der Waals surface area contributed by atoms with Crippen molar-refractivity contribution in [3.05, 3.63) is 64.6 Å². The molecule has 1 unspecified atom stereocenters. The zero-order valence-corrected chi connectivity index (χ0v) is 12.4. The van der Waals surface area contributed by atoms with Gasteiger partial charge < -0.3 is 0 Å². The van der Waals surface area contributed by atoms with E-state index in [1.54, 1.807) is 0 Å². The number of rotatable bonds is 4. The Hall–Kier alpha value is -1.98. The summed E-state index contributed by atoms with van der Waals surface area (Å²) in [6.07, 6.45) is 3.27. The molecule has 0 spiro atoms. The maximum absolute atomic E-state index is 4.30. The van der Waals surface area contributed by atoms with E-state index in [1.165, 1.54) is 11.3 Å². The maximum atomic E-state index is 4.30. The molecule has 1 atom stereocenters. The van der Waals surface area contributed by atoms with Gasteiger partial charge in [-0.2, -0.15) is 0 Å². The van der Waals surface area contributed by atoms with E-state index >= 15 is 0 Å². The van der Waals surface area contributed by atoms with E-state index in [9.17, 15) is 0 Å². The van der Waals surface area contributed by atoms with Gasteiger partial charge in [-0.15, -0.1) is 16.4 Å². The molecule has 5 heteroatoms. The van der Waals surface area contributed by atoms with Gasteiger partial charge in [0, 0.05) is 24.0 Å². The van der Waals surface area contributed by atoms with Crippen molar-refractivity contribution in [3.8, 4) is 5.69 Å². The first kappa shape index (κ1) is 12.7. The Kier molecular flexibility index (Phi) is 3.29. The minimum atomic E-state index is 0.562. The highest BCUT2D eigenvalue weighted by Gasteiger charge is 2.30. The summed E-state index contributed by atoms with van der Waals surface area (Å²) in [5, 5.41) is 10.7. The van der Waals surface area contributed by atoms with Crippen LogP contribution in [0.3, 0.4) is 0 Å². The lowest BCUT2D eigenvalue weighted by molar-refractivity contribution is 0.0830. The van der Waals surface area contributed by atoms with Crippen molar-refractivity contribution >= 4 is 11.3 Å². The lowest BCUT2D eigenvalue weighted by Crippen LogP contribution is -2.39. The number of hydrogen-bond donors (Lipinski definition) is 0. The van der Waals surface area contributed by atoms with Crippen molar-refractivity contribution in [2.45, 2.75) is 19.0 Å². The zero-order chi connectivity index (χ0) is 14.1. The van der Waals surface area contributed by atoms with E-state index in [4.69, 9.17) is 0 Å². The molecular weight excluding hydrogens is 280 g/mol. The predicted molar refractivity (Wildman–Crippen MR) is 83.4 cm³/mol. The second kappa shape index (κ2) is 5.42. The molecule has 1 saturated heterocycles. The Morgan fingerprint density at radius 1 is 1.14 bits per heavy atom. The topological polar surface area (TPSA) is 34.0 Å². The van der Waals surface area contributed by atoms with Crippen LogP contribution >= 0.6 is 11.3 Å². The van der Waals surface area contributed by atoms with Crippen LogP contribution in [0.1, 0.15) is 23.0 Å². The van der Waals surface area contributed by atoms with Gasteiger partial charge in [0.2, 0.25) is 0 Å². The highest BCUT2D eigenvalue weighted by Crippen LogP contribution is 2.36. The molecule has 21 heavy (non-hydrogen) atoms. The van der Waals surface area contributed by atoms with Crippen LogP contribution in [-0.4, -0.2) is 26.4 Å². The van der Waals surface area contributed by atoms with Crippen molar-refractivity contribution in [2.75, 3.05) is 6.54 Å². The van der Waals surface area contributed by atoms with Crippen LogP contribution in [0.25, 0.3) is 5.69 Å². The molecule has 1 aliphatic heterocycles. The van der Waals surface area contributed by atoms with Crippen LogP contribution in [0.5, 0.6) is 0 Å². The van der Waals surface area contributed by atoms with Crippen molar-refractivity contribution in [1.82, 2.24) is 19.9 Å². The van der Waals surface area contributed by atoms with E-state index in [0.29, 0.717) is 6.04 Å². The molecule has 0 saturated carbocycles. The fourth-order valence-electron chi connectivity index (χ4n) is 2.72. The molecule has 3 aromatic rings. The molecule has 0 aliphatic carbocycles. The number of likely N-dealkylation sites (tertiary alicyclic amines) is 1. The average Bonchev–Trinajstić information content (AvgIpc) is 3.16. The van der Waals surface area contributed by atoms with Gasteiger partial charge >= 0.3 is 0 Å². The van der Waals surface area contributed by atoms with E-state index in [1.807, 2.05) is 52.5 Å². The minimum Gasteiger partial charge on any atom is -0.289 e. The first-order valence-electron chi connectivity index (χ1n) is 7.14. The van der Waals surface area contributed by atoms with E-state index in [0.717, 1.165) is 24.5 Å². The quantitative estimate of drug-likeness (QED) is 0.741. The monoisotopic (exact) mass is 296 g/mol. The van der Waals surface area contributed by atoms with Crippen molar-refractivity contribution in [2.24, 2.45) is 0 Å². The van der Waals surface area contributed by atoms with Gasteiger partial charge in [0.1, 0.15) is 0 Å². The summed E-state index contributed by atoms with van der Waals surface area (Å²) in [5.41, 5.74) is 2.08. The number of thiophene rings is 1. The Balaban J connectivity index is 1.48. The second-order valence-corrected chi connectivity index (χ2v) is 6.26. The Labute approximate surface area is 127 Å². The third-order valence-corrected chi connectivity index (χ3v) is 4.90. The minimum absolute atomic E-state index is 0.562. The standard InChI is InChI=1S/C16H16N4S/c1-2-5-14(6-3-1)20-12-13(17-18-20)11-19-9-8-15(19)16-7-4-10-21-16/h1-7,10,12,15H,8-9,11H2. The maximum Gasteiger partial charge on any atom is 0.0972 e. The van der Waals surface area contributed by atoms with Crippen LogP contribution in [-0.2, 0) is 6.54 Å². The number of para-hydroxylation sites is 1. The average molecular weight is 296 g/mol. The van der Waals surface area contributed by atoms with Gasteiger partial charge in [-0.25, -0.2) is 4.68 Å². The largest absolute Gasteiger partial charge is 0.289 e. The third-order valence-electron chi connectivity index (χ3n) is 3.93. The molecule has 0 N–H and O–H groups in total. The van der Waals surface area contributed by atoms with Crippen LogP contribution in [0.15, 0.2) is 54.0 Å². The summed E-state index contributed by atoms with van der Waals surface area (Å²) in [4.78, 5) is 3.92. The lowest BCUT2D eigenvalue weighted by Gasteiger charge is -2.39. The molecule has 2 aromatic heterocycles. The second-order valence-electron chi connectivity index (χ2n) is 5.28. The third kappa shape index (κ3) is 2.50. The Morgan fingerprint density at radius 3 is 2.76 bits per heavy atom. The summed E-state index contributed by atoms with van der Waals surface area (Å²) >= 11 is 1.84. The first-order valence-corrected chi connectivity index (χ1v) is 8.02. The number of hydrogen-bond acceptors (Lipinski definition) is 4. The van der Waals surface area contributed by atoms with E-state index in [-0.39, 0.29) is 0 Å². The van der Waals surface area contributed by atoms with E-state index < -0.39 is 0 Å². The highest BCUT2D eigenvalue weighted by molar-refractivity contribution is 7.10. The highest BCUT2D eigenvalue weighted by atomic mass is 32.1. The first-order chi connectivity index (χ1) is 10.4. The summed E-state index contributed by atoms with van der Waals surface area (Å²) in [6, 6.07) is 15.0. The lowest BCUT2D eigenvalue weighted by atomic mass is 10.0. The molecule has 4 nitrogen and oxygen atoms in total. The van der Waals surface area contributed by atoms with Gasteiger partial charge in [-0.1, -0.05) is 29.5 Å². The van der Waals surface area contributed by atoms with Gasteiger partial charge in [-0.05, 0) is 30.0 Å². The number of nitrogens with zero attached hydrogens (tertiary/aromatic N) is 4. The normalized spacial score (nSPS) is 18.6. The molecule has 1 aliphatic rings. The summed E-state index contributed by atoms with van der Waals surface area (Å²) in [6.45, 7) is 2.01. The molecule has 0 radical (unpaired) electrons. The molecule has 0 bridgehead atoms. The predicted octanol–water partition coefficient (Wildman–Crippen LogP) is 3.28. The summed E-state index contributed by atoms with van der Waals surface area (Å²) < 4.78 is 1.84. The smallest absolute Gasteiger partial charge is 0.0972 e. The number of aromatic nitrogens is 3. The molecule has 3 heterocycles. The van der Waals surface area contributed by atoms with Crippen LogP contribution in [0, 0.1) is 0 Å². The van der Waals surface area contributed by atoms with Gasteiger partial charge in [0.05, 0.1) is 17.6 Å². The molecule has 4 rings (SSSR count). The Morgan fingerprint density at radius 2 is 2.05 bits per heavy atom. The fourth-order valence-corrected chi connectivity index (χ4v) is 3.61. The summed E-state index contributed by atoms with van der Waals surface area (Å²) in [5.74, 6) is 0. The fraction of sp³-hybridized carbons (Fsp3) is 0.250. The van der Waals surface area contributed by atoms with Crippen LogP contribution < -0.4 is 0 Å². The molecule has 1 aromatic carbocycles. The SMILES string of the molecule is c1ccc(-n2cc(CN3CCC3c3cccs3)nn2)cc1. The van der Waals surface area contributed by atoms with Crippen LogP contribution in [0.4, 0.5) is 0 Å². The summed E-state index contributed by atoms with van der Waals surface area (Å²) in [7, 11) is 0. The van der Waals surface area contributed by atoms with Crippen molar-refractivity contribution in [1.29, 1.82) is 0 Å². The molecular formula is C16H16N4S. The van der Waals surface area contributed by atoms with Crippen molar-refractivity contribution < 1.29 is 0 Å². The zero-order valence-electron chi connectivity index (χ0n) is 11.6. The van der Waals surface area contributed by atoms with Gasteiger partial charge in [0.15, 0.2) is 0 Å². The molecule has 106 valence electrons. The molecule has 1 fully saturated rings. The van der Waals surface area contributed by atoms with Gasteiger partial charge in [0.25, 0.3) is 0 Å².